The molecule has 0 saturated carbocycles. The van der Waals surface area contributed by atoms with Crippen LogP contribution in [0.3, 0.4) is 0 Å². The molecule has 0 fully saturated rings. The van der Waals surface area contributed by atoms with Gasteiger partial charge in [-0.1, -0.05) is 285 Å². The molecule has 0 aliphatic rings. The zero-order valence-electron chi connectivity index (χ0n) is 46.8. The molecule has 0 saturated heterocycles. The van der Waals surface area contributed by atoms with Gasteiger partial charge in [0.05, 0.1) is 0 Å². The second kappa shape index (κ2) is 20.7. The minimum Gasteiger partial charge on any atom is -0.135 e. The van der Waals surface area contributed by atoms with E-state index in [9.17, 15) is 0 Å². The van der Waals surface area contributed by atoms with Crippen molar-refractivity contribution >= 4 is 128 Å². The Labute approximate surface area is 506 Å². The third-order valence-corrected chi connectivity index (χ3v) is 20.1. The summed E-state index contributed by atoms with van der Waals surface area (Å²) in [5.74, 6) is 0. The minimum atomic E-state index is 1.23. The maximum Gasteiger partial charge on any atom is 0.0434 e. The third-order valence-electron chi connectivity index (χ3n) is 17.7. The summed E-state index contributed by atoms with van der Waals surface area (Å²) < 4.78 is 5.37. The van der Waals surface area contributed by atoms with Crippen LogP contribution in [0, 0.1) is 0 Å². The van der Waals surface area contributed by atoms with E-state index in [1.165, 1.54) is 172 Å². The van der Waals surface area contributed by atoms with Crippen LogP contribution in [0.4, 0.5) is 0 Å². The standard InChI is InChI=1S/2C42H26S/c1-2-12-28-25-30(24-23-27(28)11-1)29-13-9-14-31(26-29)40-33-16-3-5-18-35(33)41(36-19-6-4-17-34(36)40)38-21-10-20-37-32-15-7-8-22-39(32)43-42(37)38;1-2-13-28-26-29(25-24-27(28)12-1)30-14-3-4-16-32(30)40-33-17-5-7-19-35(33)41(36-20-8-6-18-34(36)40)38-22-11-21-37-31-15-9-10-23-39(31)43-42(37)38/h2*1-26H. The van der Waals surface area contributed by atoms with Crippen molar-refractivity contribution in [2.75, 3.05) is 0 Å². The SMILES string of the molecule is c1cc(-c2ccc3ccccc3c2)cc(-c2c3ccccc3c(-c3cccc4c3sc3ccccc34)c3ccccc23)c1.c1ccc(-c2c3ccccc3c(-c3cccc4c3sc3ccccc34)c3ccccc23)c(-c2ccc3ccccc3c2)c1. The topological polar surface area (TPSA) is 0 Å². The fourth-order valence-corrected chi connectivity index (χ4v) is 16.3. The highest BCUT2D eigenvalue weighted by molar-refractivity contribution is 7.26. The summed E-state index contributed by atoms with van der Waals surface area (Å²) in [6.07, 6.45) is 0. The molecular formula is C84H52S2. The molecule has 2 heterocycles. The van der Waals surface area contributed by atoms with E-state index >= 15 is 0 Å². The van der Waals surface area contributed by atoms with Gasteiger partial charge in [0.1, 0.15) is 0 Å². The average molecular weight is 1130 g/mol. The van der Waals surface area contributed by atoms with Crippen LogP contribution in [0.25, 0.3) is 172 Å². The largest absolute Gasteiger partial charge is 0.135 e. The van der Waals surface area contributed by atoms with Crippen molar-refractivity contribution in [3.63, 3.8) is 0 Å². The molecule has 0 aliphatic carbocycles. The number of fused-ring (bicyclic) bond motifs is 12. The van der Waals surface area contributed by atoms with Crippen LogP contribution in [0.1, 0.15) is 0 Å². The van der Waals surface area contributed by atoms with E-state index < -0.39 is 0 Å². The number of rotatable bonds is 6. The first-order chi connectivity index (χ1) is 42.7. The summed E-state index contributed by atoms with van der Waals surface area (Å²) in [4.78, 5) is 0. The monoisotopic (exact) mass is 1120 g/mol. The van der Waals surface area contributed by atoms with Crippen LogP contribution < -0.4 is 0 Å². The Morgan fingerprint density at radius 3 is 0.965 bits per heavy atom. The van der Waals surface area contributed by atoms with Gasteiger partial charge in [0.25, 0.3) is 0 Å². The first-order valence-corrected chi connectivity index (χ1v) is 31.2. The second-order valence-electron chi connectivity index (χ2n) is 22.5. The lowest BCUT2D eigenvalue weighted by atomic mass is 9.83. The fourth-order valence-electron chi connectivity index (χ4n) is 13.9. The van der Waals surface area contributed by atoms with Gasteiger partial charge in [-0.2, -0.15) is 0 Å². The molecule has 0 spiro atoms. The molecule has 400 valence electrons. The lowest BCUT2D eigenvalue weighted by molar-refractivity contribution is 1.62. The third kappa shape index (κ3) is 8.25. The van der Waals surface area contributed by atoms with E-state index in [2.05, 4.69) is 315 Å². The first-order valence-electron chi connectivity index (χ1n) is 29.5. The zero-order chi connectivity index (χ0) is 56.7. The van der Waals surface area contributed by atoms with E-state index in [0.29, 0.717) is 0 Å². The van der Waals surface area contributed by atoms with E-state index in [-0.39, 0.29) is 0 Å². The predicted octanol–water partition coefficient (Wildman–Crippen LogP) is 25.0. The molecule has 0 aliphatic heterocycles. The van der Waals surface area contributed by atoms with Gasteiger partial charge in [0.2, 0.25) is 0 Å². The molecule has 0 nitrogen and oxygen atoms in total. The summed E-state index contributed by atoms with van der Waals surface area (Å²) in [7, 11) is 0. The average Bonchev–Trinajstić information content (AvgIpc) is 1.53. The molecule has 18 rings (SSSR count). The summed E-state index contributed by atoms with van der Waals surface area (Å²) >= 11 is 3.80. The zero-order valence-corrected chi connectivity index (χ0v) is 48.5. The number of thiophene rings is 2. The van der Waals surface area contributed by atoms with Crippen LogP contribution in [0.2, 0.25) is 0 Å². The molecule has 0 atom stereocenters. The van der Waals surface area contributed by atoms with Gasteiger partial charge in [-0.15, -0.1) is 22.7 Å². The molecule has 0 amide bonds. The second-order valence-corrected chi connectivity index (χ2v) is 24.6. The van der Waals surface area contributed by atoms with Gasteiger partial charge >= 0.3 is 0 Å². The van der Waals surface area contributed by atoms with Crippen LogP contribution in [-0.4, -0.2) is 0 Å². The minimum absolute atomic E-state index is 1.23. The van der Waals surface area contributed by atoms with E-state index in [4.69, 9.17) is 0 Å². The summed E-state index contributed by atoms with van der Waals surface area (Å²) in [5.41, 5.74) is 15.3. The van der Waals surface area contributed by atoms with E-state index in [0.717, 1.165) is 0 Å². The molecule has 0 N–H and O–H groups in total. The molecular weight excluding hydrogens is 1070 g/mol. The molecule has 0 bridgehead atoms. The van der Waals surface area contributed by atoms with Gasteiger partial charge in [-0.05, 0) is 151 Å². The van der Waals surface area contributed by atoms with Crippen molar-refractivity contribution in [2.24, 2.45) is 0 Å². The normalized spacial score (nSPS) is 11.7. The van der Waals surface area contributed by atoms with Crippen molar-refractivity contribution in [3.05, 3.63) is 315 Å². The Balaban J connectivity index is 0.000000134. The highest BCUT2D eigenvalue weighted by Crippen LogP contribution is 2.51. The highest BCUT2D eigenvalue weighted by Gasteiger charge is 2.23. The lowest BCUT2D eigenvalue weighted by Crippen LogP contribution is -1.92. The van der Waals surface area contributed by atoms with Gasteiger partial charge in [-0.25, -0.2) is 0 Å². The van der Waals surface area contributed by atoms with Gasteiger partial charge in [0, 0.05) is 51.5 Å². The van der Waals surface area contributed by atoms with Crippen molar-refractivity contribution in [2.45, 2.75) is 0 Å². The van der Waals surface area contributed by atoms with Crippen molar-refractivity contribution in [3.8, 4) is 66.8 Å². The number of benzene rings is 16. The molecule has 0 unspecified atom stereocenters. The van der Waals surface area contributed by atoms with Crippen LogP contribution in [0.5, 0.6) is 0 Å². The summed E-state index contributed by atoms with van der Waals surface area (Å²) in [5, 5.41) is 20.7. The Bertz CT molecular complexity index is 5620. The smallest absolute Gasteiger partial charge is 0.0434 e. The molecule has 18 aromatic rings. The van der Waals surface area contributed by atoms with Crippen molar-refractivity contribution < 1.29 is 0 Å². The van der Waals surface area contributed by atoms with E-state index in [1.54, 1.807) is 0 Å². The summed E-state index contributed by atoms with van der Waals surface area (Å²) in [6.45, 7) is 0. The highest BCUT2D eigenvalue weighted by atomic mass is 32.1. The number of hydrogen-bond donors (Lipinski definition) is 0. The molecule has 2 aromatic heterocycles. The maximum absolute atomic E-state index is 2.37. The molecule has 16 aromatic carbocycles. The van der Waals surface area contributed by atoms with Crippen molar-refractivity contribution in [1.82, 2.24) is 0 Å². The van der Waals surface area contributed by atoms with Crippen LogP contribution >= 0.6 is 22.7 Å². The van der Waals surface area contributed by atoms with Crippen molar-refractivity contribution in [1.29, 1.82) is 0 Å². The number of hydrogen-bond acceptors (Lipinski definition) is 2. The lowest BCUT2D eigenvalue weighted by Gasteiger charge is -2.20. The Morgan fingerprint density at radius 2 is 0.477 bits per heavy atom. The summed E-state index contributed by atoms with van der Waals surface area (Å²) in [6, 6.07) is 116. The van der Waals surface area contributed by atoms with Gasteiger partial charge in [-0.3, -0.25) is 0 Å². The Hall–Kier alpha value is -10.5. The predicted molar refractivity (Wildman–Crippen MR) is 376 cm³/mol. The van der Waals surface area contributed by atoms with Crippen LogP contribution in [0.15, 0.2) is 315 Å². The van der Waals surface area contributed by atoms with Crippen LogP contribution in [-0.2, 0) is 0 Å². The molecule has 86 heavy (non-hydrogen) atoms. The fraction of sp³-hybridized carbons (Fsp3) is 0. The van der Waals surface area contributed by atoms with E-state index in [1.807, 2.05) is 22.7 Å². The quantitative estimate of drug-likeness (QED) is 0.146. The van der Waals surface area contributed by atoms with Gasteiger partial charge in [0.15, 0.2) is 0 Å². The molecule has 2 heteroatoms. The first kappa shape index (κ1) is 50.1. The Kier molecular flexibility index (Phi) is 12.0. The maximum atomic E-state index is 2.37. The van der Waals surface area contributed by atoms with Gasteiger partial charge < -0.3 is 0 Å². The molecule has 0 radical (unpaired) electrons. The Morgan fingerprint density at radius 1 is 0.163 bits per heavy atom.